The molecule has 0 radical (unpaired) electrons. The van der Waals surface area contributed by atoms with E-state index < -0.39 is 15.9 Å². The van der Waals surface area contributed by atoms with Crippen LogP contribution >= 0.6 is 0 Å². The van der Waals surface area contributed by atoms with Crippen LogP contribution in [0.4, 0.5) is 5.69 Å². The van der Waals surface area contributed by atoms with Crippen molar-refractivity contribution < 1.29 is 13.2 Å². The maximum absolute atomic E-state index is 12.9. The van der Waals surface area contributed by atoms with Crippen molar-refractivity contribution in [1.29, 1.82) is 0 Å². The summed E-state index contributed by atoms with van der Waals surface area (Å²) >= 11 is 0. The molecule has 1 N–H and O–H groups in total. The van der Waals surface area contributed by atoms with Gasteiger partial charge in [0.05, 0.1) is 4.90 Å². The van der Waals surface area contributed by atoms with Gasteiger partial charge < -0.3 is 5.32 Å². The smallest absolute Gasteiger partial charge is 0.295 e. The highest BCUT2D eigenvalue weighted by Crippen LogP contribution is 2.24. The van der Waals surface area contributed by atoms with E-state index in [4.69, 9.17) is 0 Å². The Kier molecular flexibility index (Phi) is 5.67. The lowest BCUT2D eigenvalue weighted by Crippen LogP contribution is -2.31. The molecule has 0 aliphatic heterocycles. The fourth-order valence-electron chi connectivity index (χ4n) is 3.11. The zero-order valence-electron chi connectivity index (χ0n) is 17.1. The number of nitrogens with one attached hydrogen (secondary N) is 1. The fourth-order valence-corrected chi connectivity index (χ4v) is 4.82. The van der Waals surface area contributed by atoms with E-state index in [-0.39, 0.29) is 10.7 Å². The molecule has 3 rings (SSSR count). The first-order valence-corrected chi connectivity index (χ1v) is 10.7. The van der Waals surface area contributed by atoms with Crippen LogP contribution in [0.15, 0.2) is 29.2 Å². The third-order valence-corrected chi connectivity index (χ3v) is 6.78. The molecular formula is C19H24N6O3S. The number of anilines is 1. The van der Waals surface area contributed by atoms with Gasteiger partial charge in [0.2, 0.25) is 15.8 Å². The molecule has 0 aliphatic carbocycles. The zero-order valence-corrected chi connectivity index (χ0v) is 17.9. The Bertz CT molecular complexity index is 1180. The second-order valence-electron chi connectivity index (χ2n) is 6.71. The molecule has 0 atom stereocenters. The number of benzene rings is 1. The molecule has 1 amide bonds. The van der Waals surface area contributed by atoms with Crippen molar-refractivity contribution in [2.24, 2.45) is 0 Å². The topological polar surface area (TPSA) is 110 Å². The average molecular weight is 417 g/mol. The summed E-state index contributed by atoms with van der Waals surface area (Å²) in [5, 5.41) is 6.88. The van der Waals surface area contributed by atoms with Gasteiger partial charge in [-0.15, -0.1) is 5.10 Å². The minimum absolute atomic E-state index is 0.0417. The minimum atomic E-state index is -3.65. The van der Waals surface area contributed by atoms with Gasteiger partial charge in [0, 0.05) is 30.2 Å². The van der Waals surface area contributed by atoms with E-state index in [2.05, 4.69) is 20.4 Å². The molecule has 0 bridgehead atoms. The fraction of sp³-hybridized carbons (Fsp3) is 0.368. The van der Waals surface area contributed by atoms with E-state index in [0.717, 1.165) is 11.4 Å². The Balaban J connectivity index is 1.93. The van der Waals surface area contributed by atoms with E-state index in [1.54, 1.807) is 32.9 Å². The Morgan fingerprint density at radius 1 is 1.10 bits per heavy atom. The molecule has 2 aromatic heterocycles. The summed E-state index contributed by atoms with van der Waals surface area (Å²) in [6.07, 6.45) is 0. The summed E-state index contributed by atoms with van der Waals surface area (Å²) in [6.45, 7) is 9.72. The van der Waals surface area contributed by atoms with Crippen LogP contribution in [0.1, 0.15) is 41.4 Å². The van der Waals surface area contributed by atoms with E-state index in [9.17, 15) is 13.2 Å². The molecule has 2 heterocycles. The largest absolute Gasteiger partial charge is 0.319 e. The van der Waals surface area contributed by atoms with Gasteiger partial charge >= 0.3 is 0 Å². The van der Waals surface area contributed by atoms with Gasteiger partial charge in [-0.05, 0) is 44.5 Å². The van der Waals surface area contributed by atoms with Crippen molar-refractivity contribution in [3.8, 4) is 0 Å². The molecule has 0 spiro atoms. The Labute approximate surface area is 169 Å². The number of amides is 1. The molecule has 1 aromatic carbocycles. The molecule has 0 saturated carbocycles. The van der Waals surface area contributed by atoms with Gasteiger partial charge in [-0.2, -0.15) is 9.29 Å². The molecule has 0 unspecified atom stereocenters. The van der Waals surface area contributed by atoms with Crippen molar-refractivity contribution in [3.05, 3.63) is 47.0 Å². The SMILES string of the molecule is CCN(CC)S(=O)(=O)c1cc(NC(=O)c2nc3nc(C)cc(C)n3n2)ccc1C. The van der Waals surface area contributed by atoms with Crippen LogP contribution in [0, 0.1) is 20.8 Å². The minimum Gasteiger partial charge on any atom is -0.319 e. The van der Waals surface area contributed by atoms with Crippen LogP contribution in [-0.2, 0) is 10.0 Å². The maximum atomic E-state index is 12.9. The van der Waals surface area contributed by atoms with Crippen molar-refractivity contribution >= 4 is 27.4 Å². The third kappa shape index (κ3) is 3.99. The number of sulfonamides is 1. The molecular weight excluding hydrogens is 392 g/mol. The number of hydrogen-bond acceptors (Lipinski definition) is 6. The Morgan fingerprint density at radius 3 is 2.45 bits per heavy atom. The van der Waals surface area contributed by atoms with E-state index in [0.29, 0.717) is 30.1 Å². The van der Waals surface area contributed by atoms with Gasteiger partial charge in [0.25, 0.3) is 11.7 Å². The summed E-state index contributed by atoms with van der Waals surface area (Å²) in [5.41, 5.74) is 2.54. The number of carbonyl (C=O) groups is 1. The van der Waals surface area contributed by atoms with Gasteiger partial charge in [0.1, 0.15) is 0 Å². The monoisotopic (exact) mass is 416 g/mol. The number of aryl methyl sites for hydroxylation is 3. The number of hydrogen-bond donors (Lipinski definition) is 1. The van der Waals surface area contributed by atoms with Crippen LogP contribution in [0.25, 0.3) is 5.78 Å². The van der Waals surface area contributed by atoms with E-state index >= 15 is 0 Å². The predicted octanol–water partition coefficient (Wildman–Crippen LogP) is 2.33. The molecule has 10 heteroatoms. The molecule has 0 fully saturated rings. The molecule has 0 saturated heterocycles. The molecule has 154 valence electrons. The summed E-state index contributed by atoms with van der Waals surface area (Å²) < 4.78 is 28.6. The normalized spacial score (nSPS) is 11.9. The lowest BCUT2D eigenvalue weighted by atomic mass is 10.2. The van der Waals surface area contributed by atoms with Crippen molar-refractivity contribution in [3.63, 3.8) is 0 Å². The number of aromatic nitrogens is 4. The second kappa shape index (κ2) is 7.88. The molecule has 9 nitrogen and oxygen atoms in total. The van der Waals surface area contributed by atoms with Crippen molar-refractivity contribution in [2.45, 2.75) is 39.5 Å². The standard InChI is InChI=1S/C19H24N6O3S/c1-6-24(7-2)29(27,28)16-11-15(9-8-12(16)3)21-18(26)17-22-19-20-13(4)10-14(5)25(19)23-17/h8-11H,6-7H2,1-5H3,(H,21,26). The number of nitrogens with zero attached hydrogens (tertiary/aromatic N) is 5. The van der Waals surface area contributed by atoms with Crippen LogP contribution < -0.4 is 5.32 Å². The highest BCUT2D eigenvalue weighted by atomic mass is 32.2. The Hall–Kier alpha value is -2.85. The maximum Gasteiger partial charge on any atom is 0.295 e. The quantitative estimate of drug-likeness (QED) is 0.660. The molecule has 29 heavy (non-hydrogen) atoms. The van der Waals surface area contributed by atoms with Crippen LogP contribution in [0.3, 0.4) is 0 Å². The van der Waals surface area contributed by atoms with Crippen molar-refractivity contribution in [2.75, 3.05) is 18.4 Å². The number of rotatable bonds is 6. The van der Waals surface area contributed by atoms with E-state index in [1.165, 1.54) is 14.9 Å². The number of fused-ring (bicyclic) bond motifs is 1. The third-order valence-electron chi connectivity index (χ3n) is 4.59. The van der Waals surface area contributed by atoms with Crippen LogP contribution in [0.5, 0.6) is 0 Å². The summed E-state index contributed by atoms with van der Waals surface area (Å²) in [4.78, 5) is 21.2. The summed E-state index contributed by atoms with van der Waals surface area (Å²) in [5.74, 6) is -0.246. The van der Waals surface area contributed by atoms with Gasteiger partial charge in [-0.25, -0.2) is 17.9 Å². The summed E-state index contributed by atoms with van der Waals surface area (Å²) in [7, 11) is -3.65. The molecule has 3 aromatic rings. The van der Waals surface area contributed by atoms with Gasteiger partial charge in [0.15, 0.2) is 0 Å². The molecule has 0 aliphatic rings. The van der Waals surface area contributed by atoms with Gasteiger partial charge in [-0.3, -0.25) is 4.79 Å². The first-order valence-electron chi connectivity index (χ1n) is 9.30. The average Bonchev–Trinajstić information content (AvgIpc) is 3.08. The first-order chi connectivity index (χ1) is 13.7. The predicted molar refractivity (Wildman–Crippen MR) is 109 cm³/mol. The highest BCUT2D eigenvalue weighted by Gasteiger charge is 2.24. The van der Waals surface area contributed by atoms with Crippen molar-refractivity contribution in [1.82, 2.24) is 23.9 Å². The van der Waals surface area contributed by atoms with E-state index in [1.807, 2.05) is 19.9 Å². The lowest BCUT2D eigenvalue weighted by Gasteiger charge is -2.20. The van der Waals surface area contributed by atoms with Crippen LogP contribution in [0.2, 0.25) is 0 Å². The first kappa shape index (κ1) is 20.9. The second-order valence-corrected chi connectivity index (χ2v) is 8.62. The zero-order chi connectivity index (χ0) is 21.3. The number of carbonyl (C=O) groups excluding carboxylic acids is 1. The van der Waals surface area contributed by atoms with Gasteiger partial charge in [-0.1, -0.05) is 19.9 Å². The highest BCUT2D eigenvalue weighted by molar-refractivity contribution is 7.89. The van der Waals surface area contributed by atoms with Crippen LogP contribution in [-0.4, -0.2) is 51.3 Å². The summed E-state index contributed by atoms with van der Waals surface area (Å²) in [6, 6.07) is 6.62. The Morgan fingerprint density at radius 2 is 1.79 bits per heavy atom. The lowest BCUT2D eigenvalue weighted by molar-refractivity contribution is 0.101.